The van der Waals surface area contributed by atoms with Gasteiger partial charge < -0.3 is 0 Å². The van der Waals surface area contributed by atoms with Gasteiger partial charge in [0, 0.05) is 12.3 Å². The molecule has 0 amide bonds. The Bertz CT molecular complexity index is 376. The lowest BCUT2D eigenvalue weighted by Crippen LogP contribution is -2.16. The normalized spacial score (nSPS) is 21.5. The SMILES string of the molecule is C=C1CC(=O)C(C)c2ccccc21. The van der Waals surface area contributed by atoms with Crippen LogP contribution in [0.2, 0.25) is 0 Å². The minimum atomic E-state index is 0.0432. The van der Waals surface area contributed by atoms with Crippen LogP contribution in [0.5, 0.6) is 0 Å². The second-order valence-corrected chi connectivity index (χ2v) is 3.56. The highest BCUT2D eigenvalue weighted by Crippen LogP contribution is 2.34. The Kier molecular flexibility index (Phi) is 1.80. The summed E-state index contributed by atoms with van der Waals surface area (Å²) in [6.45, 7) is 5.89. The fourth-order valence-corrected chi connectivity index (χ4v) is 1.83. The van der Waals surface area contributed by atoms with Gasteiger partial charge in [-0.25, -0.2) is 0 Å². The number of ketones is 1. The Morgan fingerprint density at radius 1 is 1.38 bits per heavy atom. The van der Waals surface area contributed by atoms with Crippen LogP contribution >= 0.6 is 0 Å². The number of rotatable bonds is 0. The molecule has 0 saturated heterocycles. The maximum atomic E-state index is 11.5. The van der Waals surface area contributed by atoms with Crippen LogP contribution < -0.4 is 0 Å². The fourth-order valence-electron chi connectivity index (χ4n) is 1.83. The minimum Gasteiger partial charge on any atom is -0.299 e. The lowest BCUT2D eigenvalue weighted by molar-refractivity contribution is -0.119. The molecule has 0 heterocycles. The summed E-state index contributed by atoms with van der Waals surface area (Å²) in [6.07, 6.45) is 0.512. The van der Waals surface area contributed by atoms with E-state index in [-0.39, 0.29) is 11.7 Å². The number of hydrogen-bond acceptors (Lipinski definition) is 1. The molecule has 1 unspecified atom stereocenters. The minimum absolute atomic E-state index is 0.0432. The molecule has 0 fully saturated rings. The standard InChI is InChI=1S/C12H12O/c1-8-7-12(13)9(2)11-6-4-3-5-10(8)11/h3-6,9H,1,7H2,2H3. The first-order valence-electron chi connectivity index (χ1n) is 4.50. The van der Waals surface area contributed by atoms with E-state index in [1.807, 2.05) is 31.2 Å². The van der Waals surface area contributed by atoms with Crippen molar-refractivity contribution >= 4 is 11.4 Å². The summed E-state index contributed by atoms with van der Waals surface area (Å²) in [5, 5.41) is 0. The summed E-state index contributed by atoms with van der Waals surface area (Å²) in [5.41, 5.74) is 3.25. The molecule has 13 heavy (non-hydrogen) atoms. The first-order valence-corrected chi connectivity index (χ1v) is 4.50. The van der Waals surface area contributed by atoms with Crippen molar-refractivity contribution < 1.29 is 4.79 Å². The van der Waals surface area contributed by atoms with Gasteiger partial charge in [-0.05, 0) is 16.7 Å². The highest BCUT2D eigenvalue weighted by Gasteiger charge is 2.24. The summed E-state index contributed by atoms with van der Waals surface area (Å²) in [7, 11) is 0. The zero-order valence-corrected chi connectivity index (χ0v) is 7.71. The first-order chi connectivity index (χ1) is 6.20. The smallest absolute Gasteiger partial charge is 0.144 e. The molecule has 0 aromatic heterocycles. The number of hydrogen-bond donors (Lipinski definition) is 0. The molecule has 1 atom stereocenters. The van der Waals surface area contributed by atoms with Crippen LogP contribution in [0.1, 0.15) is 30.4 Å². The van der Waals surface area contributed by atoms with Crippen LogP contribution in [0.25, 0.3) is 5.57 Å². The molecular weight excluding hydrogens is 160 g/mol. The predicted octanol–water partition coefficient (Wildman–Crippen LogP) is 2.78. The van der Waals surface area contributed by atoms with Gasteiger partial charge in [0.2, 0.25) is 0 Å². The maximum absolute atomic E-state index is 11.5. The Morgan fingerprint density at radius 2 is 2.08 bits per heavy atom. The summed E-state index contributed by atoms with van der Waals surface area (Å²) < 4.78 is 0. The molecule has 1 aliphatic rings. The average Bonchev–Trinajstić information content (AvgIpc) is 2.15. The molecule has 1 aromatic carbocycles. The van der Waals surface area contributed by atoms with Gasteiger partial charge in [0.15, 0.2) is 0 Å². The number of carbonyl (C=O) groups excluding carboxylic acids is 1. The van der Waals surface area contributed by atoms with Gasteiger partial charge in [-0.15, -0.1) is 0 Å². The van der Waals surface area contributed by atoms with Crippen LogP contribution in [0.4, 0.5) is 0 Å². The summed E-state index contributed by atoms with van der Waals surface area (Å²) >= 11 is 0. The van der Waals surface area contributed by atoms with Crippen molar-refractivity contribution in [2.75, 3.05) is 0 Å². The molecule has 0 N–H and O–H groups in total. The highest BCUT2D eigenvalue weighted by atomic mass is 16.1. The summed E-state index contributed by atoms with van der Waals surface area (Å²) in [6, 6.07) is 8.02. The third kappa shape index (κ3) is 1.21. The first kappa shape index (κ1) is 8.24. The molecule has 66 valence electrons. The topological polar surface area (TPSA) is 17.1 Å². The van der Waals surface area contributed by atoms with Gasteiger partial charge in [-0.1, -0.05) is 37.8 Å². The van der Waals surface area contributed by atoms with E-state index in [4.69, 9.17) is 0 Å². The molecule has 1 aliphatic carbocycles. The van der Waals surface area contributed by atoms with Crippen molar-refractivity contribution in [2.45, 2.75) is 19.3 Å². The zero-order chi connectivity index (χ0) is 9.42. The maximum Gasteiger partial charge on any atom is 0.144 e. The number of carbonyl (C=O) groups is 1. The third-order valence-electron chi connectivity index (χ3n) is 2.68. The van der Waals surface area contributed by atoms with E-state index in [1.54, 1.807) is 0 Å². The Morgan fingerprint density at radius 3 is 2.85 bits per heavy atom. The molecule has 0 radical (unpaired) electrons. The van der Waals surface area contributed by atoms with E-state index >= 15 is 0 Å². The van der Waals surface area contributed by atoms with Crippen molar-refractivity contribution in [3.63, 3.8) is 0 Å². The Balaban J connectivity index is 2.60. The van der Waals surface area contributed by atoms with Gasteiger partial charge in [0.1, 0.15) is 5.78 Å². The Labute approximate surface area is 78.1 Å². The largest absolute Gasteiger partial charge is 0.299 e. The molecule has 0 saturated carbocycles. The molecule has 1 heteroatoms. The van der Waals surface area contributed by atoms with Gasteiger partial charge >= 0.3 is 0 Å². The number of benzene rings is 1. The number of fused-ring (bicyclic) bond motifs is 1. The van der Waals surface area contributed by atoms with Gasteiger partial charge in [-0.2, -0.15) is 0 Å². The number of Topliss-reactive ketones (excluding diaryl/α,β-unsaturated/α-hetero) is 1. The molecule has 1 nitrogen and oxygen atoms in total. The van der Waals surface area contributed by atoms with Crippen molar-refractivity contribution in [3.8, 4) is 0 Å². The second kappa shape index (κ2) is 2.84. The molecule has 1 aromatic rings. The summed E-state index contributed by atoms with van der Waals surface area (Å²) in [4.78, 5) is 11.5. The third-order valence-corrected chi connectivity index (χ3v) is 2.68. The van der Waals surface area contributed by atoms with Crippen LogP contribution in [-0.4, -0.2) is 5.78 Å². The van der Waals surface area contributed by atoms with Crippen molar-refractivity contribution in [1.82, 2.24) is 0 Å². The summed E-state index contributed by atoms with van der Waals surface area (Å²) in [5.74, 6) is 0.324. The van der Waals surface area contributed by atoms with E-state index in [1.165, 1.54) is 0 Å². The van der Waals surface area contributed by atoms with E-state index in [9.17, 15) is 4.79 Å². The molecule has 0 spiro atoms. The van der Waals surface area contributed by atoms with Crippen molar-refractivity contribution in [2.24, 2.45) is 0 Å². The fraction of sp³-hybridized carbons (Fsp3) is 0.250. The van der Waals surface area contributed by atoms with Crippen molar-refractivity contribution in [3.05, 3.63) is 42.0 Å². The lowest BCUT2D eigenvalue weighted by atomic mass is 9.81. The average molecular weight is 172 g/mol. The lowest BCUT2D eigenvalue weighted by Gasteiger charge is -2.22. The van der Waals surface area contributed by atoms with Gasteiger partial charge in [0.05, 0.1) is 0 Å². The second-order valence-electron chi connectivity index (χ2n) is 3.56. The Hall–Kier alpha value is -1.37. The highest BCUT2D eigenvalue weighted by molar-refractivity contribution is 5.98. The van der Waals surface area contributed by atoms with Crippen molar-refractivity contribution in [1.29, 1.82) is 0 Å². The molecule has 0 aliphatic heterocycles. The zero-order valence-electron chi connectivity index (χ0n) is 7.71. The van der Waals surface area contributed by atoms with Crippen LogP contribution in [-0.2, 0) is 4.79 Å². The van der Waals surface area contributed by atoms with E-state index in [2.05, 4.69) is 6.58 Å². The number of allylic oxidation sites excluding steroid dienone is 1. The molecule has 2 rings (SSSR count). The van der Waals surface area contributed by atoms with E-state index in [0.29, 0.717) is 6.42 Å². The van der Waals surface area contributed by atoms with Crippen LogP contribution in [0.15, 0.2) is 30.8 Å². The monoisotopic (exact) mass is 172 g/mol. The van der Waals surface area contributed by atoms with Crippen LogP contribution in [0, 0.1) is 0 Å². The van der Waals surface area contributed by atoms with Gasteiger partial charge in [-0.3, -0.25) is 4.79 Å². The van der Waals surface area contributed by atoms with E-state index in [0.717, 1.165) is 16.7 Å². The molecular formula is C12H12O. The quantitative estimate of drug-likeness (QED) is 0.588. The predicted molar refractivity (Wildman–Crippen MR) is 53.5 cm³/mol. The van der Waals surface area contributed by atoms with Crippen LogP contribution in [0.3, 0.4) is 0 Å². The van der Waals surface area contributed by atoms with Gasteiger partial charge in [0.25, 0.3) is 0 Å². The van der Waals surface area contributed by atoms with E-state index < -0.39 is 0 Å². The molecule has 0 bridgehead atoms.